The van der Waals surface area contributed by atoms with E-state index in [0.717, 1.165) is 11.4 Å². The zero-order chi connectivity index (χ0) is 8.55. The molecular formula is C7H9N5. The summed E-state index contributed by atoms with van der Waals surface area (Å²) in [6.45, 7) is 1.92. The van der Waals surface area contributed by atoms with Crippen LogP contribution < -0.4 is 11.1 Å². The van der Waals surface area contributed by atoms with Gasteiger partial charge in [-0.3, -0.25) is 0 Å². The summed E-state index contributed by atoms with van der Waals surface area (Å²) >= 11 is 0. The van der Waals surface area contributed by atoms with E-state index in [4.69, 9.17) is 5.73 Å². The minimum Gasteiger partial charge on any atom is -0.369 e. The lowest BCUT2D eigenvalue weighted by molar-refractivity contribution is 1.15. The molecule has 0 aliphatic carbocycles. The van der Waals surface area contributed by atoms with E-state index in [1.807, 2.05) is 13.0 Å². The fourth-order valence-electron chi connectivity index (χ4n) is 1.13. The first-order valence-electron chi connectivity index (χ1n) is 3.62. The molecule has 0 aromatic carbocycles. The van der Waals surface area contributed by atoms with E-state index in [-0.39, 0.29) is 0 Å². The molecule has 2 rings (SSSR count). The summed E-state index contributed by atoms with van der Waals surface area (Å²) in [6.07, 6.45) is 3.51. The third-order valence-corrected chi connectivity index (χ3v) is 1.67. The summed E-state index contributed by atoms with van der Waals surface area (Å²) in [5.74, 6) is 1.02. The number of aromatic nitrogens is 2. The largest absolute Gasteiger partial charge is 0.369 e. The molecule has 0 unspecified atom stereocenters. The summed E-state index contributed by atoms with van der Waals surface area (Å²) < 4.78 is 0. The van der Waals surface area contributed by atoms with Crippen LogP contribution in [0.1, 0.15) is 12.6 Å². The molecule has 1 aromatic rings. The van der Waals surface area contributed by atoms with Crippen molar-refractivity contribution in [2.45, 2.75) is 6.92 Å². The number of aromatic amines is 1. The summed E-state index contributed by atoms with van der Waals surface area (Å²) in [5, 5.41) is 2.93. The van der Waals surface area contributed by atoms with Gasteiger partial charge in [-0.25, -0.2) is 4.98 Å². The van der Waals surface area contributed by atoms with Gasteiger partial charge in [-0.15, -0.1) is 0 Å². The van der Waals surface area contributed by atoms with Crippen LogP contribution in [0.3, 0.4) is 0 Å². The van der Waals surface area contributed by atoms with Gasteiger partial charge in [-0.2, -0.15) is 4.99 Å². The van der Waals surface area contributed by atoms with E-state index < -0.39 is 0 Å². The SMILES string of the molecule is CC=C1NC(N)=Nc2nc[nH]c21. The number of nitrogens with zero attached hydrogens (tertiary/aromatic N) is 2. The summed E-state index contributed by atoms with van der Waals surface area (Å²) in [7, 11) is 0. The fraction of sp³-hybridized carbons (Fsp3) is 0.143. The highest BCUT2D eigenvalue weighted by molar-refractivity contribution is 5.94. The van der Waals surface area contributed by atoms with Crippen molar-refractivity contribution in [3.8, 4) is 0 Å². The molecule has 5 nitrogen and oxygen atoms in total. The second kappa shape index (κ2) is 2.37. The first kappa shape index (κ1) is 6.90. The summed E-state index contributed by atoms with van der Waals surface area (Å²) in [4.78, 5) is 11.0. The lowest BCUT2D eigenvalue weighted by Gasteiger charge is -2.13. The average Bonchev–Trinajstić information content (AvgIpc) is 2.50. The monoisotopic (exact) mass is 163 g/mol. The van der Waals surface area contributed by atoms with Crippen molar-refractivity contribution in [2.24, 2.45) is 10.7 Å². The van der Waals surface area contributed by atoms with Gasteiger partial charge < -0.3 is 16.0 Å². The lowest BCUT2D eigenvalue weighted by Crippen LogP contribution is -2.32. The Kier molecular flexibility index (Phi) is 1.36. The van der Waals surface area contributed by atoms with Crippen LogP contribution in [0.4, 0.5) is 5.82 Å². The van der Waals surface area contributed by atoms with Gasteiger partial charge in [0.1, 0.15) is 5.69 Å². The molecule has 1 aliphatic rings. The number of nitrogens with two attached hydrogens (primary N) is 1. The van der Waals surface area contributed by atoms with Crippen molar-refractivity contribution in [3.05, 3.63) is 18.1 Å². The van der Waals surface area contributed by atoms with Crippen LogP contribution in [0.25, 0.3) is 5.70 Å². The number of imidazole rings is 1. The van der Waals surface area contributed by atoms with Crippen molar-refractivity contribution in [3.63, 3.8) is 0 Å². The molecule has 1 aliphatic heterocycles. The molecule has 5 heteroatoms. The van der Waals surface area contributed by atoms with Gasteiger partial charge in [-0.1, -0.05) is 6.08 Å². The van der Waals surface area contributed by atoms with Gasteiger partial charge in [0.15, 0.2) is 11.8 Å². The van der Waals surface area contributed by atoms with Crippen molar-refractivity contribution < 1.29 is 0 Å². The maximum absolute atomic E-state index is 5.52. The topological polar surface area (TPSA) is 79.1 Å². The van der Waals surface area contributed by atoms with Crippen molar-refractivity contribution >= 4 is 17.5 Å². The zero-order valence-electron chi connectivity index (χ0n) is 6.63. The minimum absolute atomic E-state index is 0.378. The number of nitrogens with one attached hydrogen (secondary N) is 2. The average molecular weight is 163 g/mol. The van der Waals surface area contributed by atoms with E-state index in [0.29, 0.717) is 11.8 Å². The number of aliphatic imine (C=N–C) groups is 1. The Bertz CT molecular complexity index is 360. The maximum Gasteiger partial charge on any atom is 0.199 e. The Morgan fingerprint density at radius 1 is 1.58 bits per heavy atom. The molecule has 0 bridgehead atoms. The van der Waals surface area contributed by atoms with Crippen LogP contribution in [0, 0.1) is 0 Å². The molecular weight excluding hydrogens is 154 g/mol. The van der Waals surface area contributed by atoms with E-state index in [2.05, 4.69) is 20.3 Å². The van der Waals surface area contributed by atoms with E-state index in [1.165, 1.54) is 0 Å². The number of H-pyrrole nitrogens is 1. The van der Waals surface area contributed by atoms with Crippen molar-refractivity contribution in [2.75, 3.05) is 0 Å². The summed E-state index contributed by atoms with van der Waals surface area (Å²) in [5.41, 5.74) is 7.31. The molecule has 12 heavy (non-hydrogen) atoms. The van der Waals surface area contributed by atoms with Crippen LogP contribution in [0.15, 0.2) is 17.4 Å². The van der Waals surface area contributed by atoms with Gasteiger partial charge in [0.05, 0.1) is 12.0 Å². The number of fused-ring (bicyclic) bond motifs is 1. The summed E-state index contributed by atoms with van der Waals surface area (Å²) in [6, 6.07) is 0. The number of hydrogen-bond donors (Lipinski definition) is 3. The molecule has 4 N–H and O–H groups in total. The van der Waals surface area contributed by atoms with Gasteiger partial charge >= 0.3 is 0 Å². The minimum atomic E-state index is 0.378. The van der Waals surface area contributed by atoms with Gasteiger partial charge in [0.25, 0.3) is 0 Å². The first-order valence-corrected chi connectivity index (χ1v) is 3.62. The Balaban J connectivity index is 2.58. The predicted octanol–water partition coefficient (Wildman–Crippen LogP) is 0.320. The third kappa shape index (κ3) is 0.868. The third-order valence-electron chi connectivity index (χ3n) is 1.67. The second-order valence-corrected chi connectivity index (χ2v) is 2.43. The predicted molar refractivity (Wildman–Crippen MR) is 46.7 cm³/mol. The van der Waals surface area contributed by atoms with Gasteiger partial charge in [-0.05, 0) is 6.92 Å². The van der Waals surface area contributed by atoms with Gasteiger partial charge in [0.2, 0.25) is 0 Å². The molecule has 62 valence electrons. The molecule has 0 saturated heterocycles. The van der Waals surface area contributed by atoms with E-state index >= 15 is 0 Å². The van der Waals surface area contributed by atoms with E-state index in [1.54, 1.807) is 6.33 Å². The Hall–Kier alpha value is -1.78. The van der Waals surface area contributed by atoms with Gasteiger partial charge in [0, 0.05) is 0 Å². The number of guanidine groups is 1. The number of allylic oxidation sites excluding steroid dienone is 1. The fourth-order valence-corrected chi connectivity index (χ4v) is 1.13. The van der Waals surface area contributed by atoms with Crippen molar-refractivity contribution in [1.82, 2.24) is 15.3 Å². The number of rotatable bonds is 0. The van der Waals surface area contributed by atoms with Crippen LogP contribution in [-0.2, 0) is 0 Å². The van der Waals surface area contributed by atoms with Crippen LogP contribution >= 0.6 is 0 Å². The van der Waals surface area contributed by atoms with Crippen LogP contribution in [-0.4, -0.2) is 15.9 Å². The number of hydrogen-bond acceptors (Lipinski definition) is 4. The molecule has 0 saturated carbocycles. The van der Waals surface area contributed by atoms with Crippen LogP contribution in [0.5, 0.6) is 0 Å². The highest BCUT2D eigenvalue weighted by Crippen LogP contribution is 2.23. The molecule has 0 atom stereocenters. The molecule has 0 fully saturated rings. The van der Waals surface area contributed by atoms with Crippen LogP contribution in [0.2, 0.25) is 0 Å². The van der Waals surface area contributed by atoms with Crippen molar-refractivity contribution in [1.29, 1.82) is 0 Å². The second-order valence-electron chi connectivity index (χ2n) is 2.43. The first-order chi connectivity index (χ1) is 5.81. The zero-order valence-corrected chi connectivity index (χ0v) is 6.63. The molecule has 0 radical (unpaired) electrons. The molecule has 0 amide bonds. The Morgan fingerprint density at radius 2 is 2.42 bits per heavy atom. The Morgan fingerprint density at radius 3 is 3.17 bits per heavy atom. The molecule has 2 heterocycles. The highest BCUT2D eigenvalue weighted by Gasteiger charge is 2.15. The van der Waals surface area contributed by atoms with E-state index in [9.17, 15) is 0 Å². The quantitative estimate of drug-likeness (QED) is 0.515. The molecule has 0 spiro atoms. The maximum atomic E-state index is 5.52. The normalized spacial score (nSPS) is 18.4. The standard InChI is InChI=1S/C7H9N5/c1-2-4-5-6(10-3-9-5)12-7(8)11-4/h2-3H,1H3,(H,9,10)(H3,8,11,12). The Labute approximate surface area is 69.4 Å². The lowest BCUT2D eigenvalue weighted by atomic mass is 10.3. The smallest absolute Gasteiger partial charge is 0.199 e. The molecule has 1 aromatic heterocycles. The highest BCUT2D eigenvalue weighted by atomic mass is 15.2.